The molecule has 3 aliphatic rings. The van der Waals surface area contributed by atoms with Crippen molar-refractivity contribution in [3.05, 3.63) is 116 Å². The largest absolute Gasteiger partial charge is 0.466 e. The van der Waals surface area contributed by atoms with E-state index in [1.165, 1.54) is 18.2 Å². The minimum Gasteiger partial charge on any atom is -0.466 e. The highest BCUT2D eigenvalue weighted by Crippen LogP contribution is 2.47. The van der Waals surface area contributed by atoms with Crippen molar-refractivity contribution in [1.82, 2.24) is 14.8 Å². The van der Waals surface area contributed by atoms with Gasteiger partial charge in [0.2, 0.25) is 5.91 Å². The van der Waals surface area contributed by atoms with Crippen LogP contribution in [0.5, 0.6) is 11.5 Å². The fourth-order valence-electron chi connectivity index (χ4n) is 7.30. The van der Waals surface area contributed by atoms with Crippen LogP contribution in [-0.4, -0.2) is 53.8 Å². The molecular weight excluding hydrogens is 716 g/mol. The summed E-state index contributed by atoms with van der Waals surface area (Å²) in [6.07, 6.45) is -4.62. The molecule has 4 aromatic rings. The Labute approximate surface area is 306 Å². The third-order valence-corrected chi connectivity index (χ3v) is 10.1. The van der Waals surface area contributed by atoms with Gasteiger partial charge < -0.3 is 14.8 Å². The second-order valence-corrected chi connectivity index (χ2v) is 14.0. The molecule has 1 aliphatic carbocycles. The Morgan fingerprint density at radius 1 is 1.00 bits per heavy atom. The minimum atomic E-state index is -4.96. The molecule has 8 nitrogen and oxygen atoms in total. The predicted molar refractivity (Wildman–Crippen MR) is 186 cm³/mol. The second kappa shape index (κ2) is 14.6. The van der Waals surface area contributed by atoms with Crippen LogP contribution in [-0.2, 0) is 26.9 Å². The molecule has 3 aromatic carbocycles. The van der Waals surface area contributed by atoms with Crippen molar-refractivity contribution in [3.8, 4) is 22.6 Å². The lowest BCUT2D eigenvalue weighted by molar-refractivity contribution is -0.144. The molecule has 0 radical (unpaired) electrons. The van der Waals surface area contributed by atoms with E-state index in [9.17, 15) is 31.9 Å². The Morgan fingerprint density at radius 3 is 2.43 bits per heavy atom. The highest BCUT2D eigenvalue weighted by atomic mass is 19.4. The Bertz CT molecular complexity index is 2180. The van der Waals surface area contributed by atoms with Crippen LogP contribution in [0.4, 0.5) is 26.3 Å². The quantitative estimate of drug-likeness (QED) is 0.147. The third-order valence-electron chi connectivity index (χ3n) is 10.1. The van der Waals surface area contributed by atoms with Crippen LogP contribution in [0.15, 0.2) is 65.6 Å². The van der Waals surface area contributed by atoms with Crippen LogP contribution in [0.3, 0.4) is 0 Å². The number of aromatic nitrogens is 1. The summed E-state index contributed by atoms with van der Waals surface area (Å²) in [5.74, 6) is -3.33. The maximum Gasteiger partial charge on any atom is 0.416 e. The fraction of sp³-hybridized carbons (Fsp3) is 0.375. The maximum absolute atomic E-state index is 16.6. The van der Waals surface area contributed by atoms with Gasteiger partial charge in [-0.3, -0.25) is 23.9 Å². The van der Waals surface area contributed by atoms with Gasteiger partial charge in [-0.15, -0.1) is 0 Å². The van der Waals surface area contributed by atoms with Crippen molar-refractivity contribution >= 4 is 11.9 Å². The molecule has 4 bridgehead atoms. The third kappa shape index (κ3) is 7.48. The summed E-state index contributed by atoms with van der Waals surface area (Å²) in [5.41, 5.74) is -1.19. The number of benzene rings is 3. The van der Waals surface area contributed by atoms with Gasteiger partial charge in [-0.05, 0) is 97.7 Å². The number of fused-ring (bicyclic) bond motifs is 6. The molecular formula is C40H37F6N3O5. The first-order valence-corrected chi connectivity index (χ1v) is 17.8. The number of halogens is 6. The van der Waals surface area contributed by atoms with Gasteiger partial charge in [-0.1, -0.05) is 12.1 Å². The lowest BCUT2D eigenvalue weighted by atomic mass is 9.90. The molecule has 2 aliphatic heterocycles. The van der Waals surface area contributed by atoms with Crippen LogP contribution in [0.2, 0.25) is 0 Å². The molecule has 14 heteroatoms. The molecule has 2 fully saturated rings. The normalized spacial score (nSPS) is 19.0. The number of carbonyl (C=O) groups excluding carboxylic acids is 2. The van der Waals surface area contributed by atoms with Gasteiger partial charge in [0, 0.05) is 48.6 Å². The molecule has 1 N–H and O–H groups in total. The molecule has 0 unspecified atom stereocenters. The van der Waals surface area contributed by atoms with Gasteiger partial charge in [-0.2, -0.15) is 13.2 Å². The summed E-state index contributed by atoms with van der Waals surface area (Å²) >= 11 is 0. The molecule has 3 heterocycles. The van der Waals surface area contributed by atoms with Crippen molar-refractivity contribution in [2.24, 2.45) is 0 Å². The maximum atomic E-state index is 16.6. The Hall–Kier alpha value is -5.11. The van der Waals surface area contributed by atoms with Gasteiger partial charge in [0.25, 0.3) is 5.56 Å². The lowest BCUT2D eigenvalue weighted by Crippen LogP contribution is -2.49. The summed E-state index contributed by atoms with van der Waals surface area (Å²) in [7, 11) is 0. The van der Waals surface area contributed by atoms with Gasteiger partial charge in [0.1, 0.15) is 35.3 Å². The van der Waals surface area contributed by atoms with E-state index in [1.807, 2.05) is 13.0 Å². The van der Waals surface area contributed by atoms with E-state index in [4.69, 9.17) is 9.47 Å². The number of rotatable bonds is 8. The zero-order valence-electron chi connectivity index (χ0n) is 29.4. The zero-order valence-corrected chi connectivity index (χ0v) is 29.4. The first kappa shape index (κ1) is 37.2. The number of amides is 1. The average molecular weight is 754 g/mol. The number of hydrogen-bond acceptors (Lipinski definition) is 6. The van der Waals surface area contributed by atoms with E-state index in [0.29, 0.717) is 45.9 Å². The Morgan fingerprint density at radius 2 is 1.74 bits per heavy atom. The topological polar surface area (TPSA) is 89.9 Å². The van der Waals surface area contributed by atoms with Gasteiger partial charge in [0.15, 0.2) is 0 Å². The Balaban J connectivity index is 1.44. The average Bonchev–Trinajstić information content (AvgIpc) is 3.94. The highest BCUT2D eigenvalue weighted by molar-refractivity contribution is 5.85. The van der Waals surface area contributed by atoms with E-state index < -0.39 is 71.0 Å². The molecule has 7 rings (SSSR count). The number of alkyl halides is 4. The number of carbonyl (C=O) groups is 2. The van der Waals surface area contributed by atoms with E-state index in [1.54, 1.807) is 30.0 Å². The first-order chi connectivity index (χ1) is 25.7. The van der Waals surface area contributed by atoms with Crippen LogP contribution >= 0.6 is 0 Å². The summed E-state index contributed by atoms with van der Waals surface area (Å²) in [6.45, 7) is 3.48. The van der Waals surface area contributed by atoms with Crippen molar-refractivity contribution in [3.63, 3.8) is 0 Å². The molecule has 2 atom stereocenters. The number of nitrogens with zero attached hydrogens (tertiary/aromatic N) is 2. The molecule has 0 spiro atoms. The van der Waals surface area contributed by atoms with E-state index in [0.717, 1.165) is 17.8 Å². The molecule has 1 amide bonds. The lowest BCUT2D eigenvalue weighted by Gasteiger charge is -2.34. The van der Waals surface area contributed by atoms with Crippen molar-refractivity contribution < 1.29 is 45.4 Å². The summed E-state index contributed by atoms with van der Waals surface area (Å²) in [5, 5.41) is 2.65. The first-order valence-electron chi connectivity index (χ1n) is 17.8. The molecule has 1 saturated carbocycles. The number of hydrogen-bond donors (Lipinski definition) is 1. The van der Waals surface area contributed by atoms with Gasteiger partial charge >= 0.3 is 12.1 Å². The SMILES string of the molecule is CCOC(=O)C[C@@H]1NC(=O)[C@@H](n2cc(CCN3CC(F)C3)c(C(F)(F)F)cc2=O)c2cc(ccc2F)Oc2cccc(C)c2-c2cc(C3CC3)c(F)c1c2. The van der Waals surface area contributed by atoms with Crippen LogP contribution < -0.4 is 15.6 Å². The summed E-state index contributed by atoms with van der Waals surface area (Å²) in [6, 6.07) is 8.91. The molecule has 1 saturated heterocycles. The van der Waals surface area contributed by atoms with Crippen LogP contribution in [0.25, 0.3) is 11.1 Å². The van der Waals surface area contributed by atoms with Crippen LogP contribution in [0, 0.1) is 18.6 Å². The number of likely N-dealkylation sites (tertiary alicyclic amines) is 1. The van der Waals surface area contributed by atoms with E-state index in [2.05, 4.69) is 5.32 Å². The van der Waals surface area contributed by atoms with Crippen molar-refractivity contribution in [1.29, 1.82) is 0 Å². The van der Waals surface area contributed by atoms with Gasteiger partial charge in [-0.25, -0.2) is 13.2 Å². The minimum absolute atomic E-state index is 0.0208. The Kier molecular flexibility index (Phi) is 10.1. The number of esters is 1. The van der Waals surface area contributed by atoms with Crippen molar-refractivity contribution in [2.45, 2.75) is 69.9 Å². The zero-order chi connectivity index (χ0) is 38.5. The molecule has 1 aromatic heterocycles. The van der Waals surface area contributed by atoms with Gasteiger partial charge in [0.05, 0.1) is 24.6 Å². The smallest absolute Gasteiger partial charge is 0.416 e. The van der Waals surface area contributed by atoms with E-state index in [-0.39, 0.29) is 55.5 Å². The monoisotopic (exact) mass is 753 g/mol. The molecule has 54 heavy (non-hydrogen) atoms. The fourth-order valence-corrected chi connectivity index (χ4v) is 7.30. The summed E-state index contributed by atoms with van der Waals surface area (Å²) < 4.78 is 101. The van der Waals surface area contributed by atoms with E-state index >= 15 is 8.78 Å². The highest BCUT2D eigenvalue weighted by Gasteiger charge is 2.38. The van der Waals surface area contributed by atoms with Crippen LogP contribution in [0.1, 0.15) is 77.6 Å². The number of nitrogens with one attached hydrogen (secondary N) is 1. The predicted octanol–water partition coefficient (Wildman–Crippen LogP) is 7.70. The number of pyridine rings is 1. The molecule has 284 valence electrons. The summed E-state index contributed by atoms with van der Waals surface area (Å²) in [4.78, 5) is 42.9. The number of aryl methyl sites for hydroxylation is 1. The standard InChI is InChI=1S/C40H37F6N3O5/c1-3-53-35(51)17-32-29-14-24(13-27(37(29)43)22-7-8-22)36-21(2)5-4-6-33(36)54-26-9-10-31(42)28(15-26)38(39(52)47-32)49-18-23(11-12-48-19-25(41)20-48)30(16-34(49)50)40(44,45)46/h4-6,9-10,13-16,18,22,25,32,38H,3,7-8,11-12,17,19-20H2,1-2H3,(H,47,52)/t32-,38-/m0/s1. The number of ether oxygens (including phenoxy) is 2. The van der Waals surface area contributed by atoms with Crippen molar-refractivity contribution in [2.75, 3.05) is 26.2 Å². The second-order valence-electron chi connectivity index (χ2n) is 14.0.